The highest BCUT2D eigenvalue weighted by molar-refractivity contribution is 5.21. The van der Waals surface area contributed by atoms with Crippen LogP contribution in [0.25, 0.3) is 0 Å². The summed E-state index contributed by atoms with van der Waals surface area (Å²) < 4.78 is 2.00. The fourth-order valence-corrected chi connectivity index (χ4v) is 2.58. The zero-order chi connectivity index (χ0) is 12.9. The van der Waals surface area contributed by atoms with Gasteiger partial charge in [0.05, 0.1) is 0 Å². The SMILES string of the molecule is c1ccc(C(NCCCn2cccn2)C2CC2)cc1. The quantitative estimate of drug-likeness (QED) is 0.771. The van der Waals surface area contributed by atoms with Gasteiger partial charge in [-0.2, -0.15) is 5.10 Å². The summed E-state index contributed by atoms with van der Waals surface area (Å²) in [5.74, 6) is 0.840. The van der Waals surface area contributed by atoms with Crippen molar-refractivity contribution in [3.8, 4) is 0 Å². The molecule has 0 saturated heterocycles. The second-order valence-corrected chi connectivity index (χ2v) is 5.30. The van der Waals surface area contributed by atoms with Crippen LogP contribution < -0.4 is 5.32 Å². The Morgan fingerprint density at radius 1 is 1.21 bits per heavy atom. The molecule has 1 heterocycles. The van der Waals surface area contributed by atoms with Gasteiger partial charge in [-0.3, -0.25) is 4.68 Å². The number of nitrogens with zero attached hydrogens (tertiary/aromatic N) is 2. The summed E-state index contributed by atoms with van der Waals surface area (Å²) in [4.78, 5) is 0. The largest absolute Gasteiger partial charge is 0.310 e. The predicted molar refractivity (Wildman–Crippen MR) is 76.8 cm³/mol. The van der Waals surface area contributed by atoms with Crippen molar-refractivity contribution in [3.05, 3.63) is 54.4 Å². The van der Waals surface area contributed by atoms with E-state index in [1.165, 1.54) is 18.4 Å². The lowest BCUT2D eigenvalue weighted by Crippen LogP contribution is -2.25. The lowest BCUT2D eigenvalue weighted by molar-refractivity contribution is 0.454. The van der Waals surface area contributed by atoms with Crippen LogP contribution >= 0.6 is 0 Å². The van der Waals surface area contributed by atoms with Crippen LogP contribution in [0.2, 0.25) is 0 Å². The minimum atomic E-state index is 0.541. The second-order valence-electron chi connectivity index (χ2n) is 5.30. The Hall–Kier alpha value is -1.61. The van der Waals surface area contributed by atoms with E-state index in [1.807, 2.05) is 23.1 Å². The van der Waals surface area contributed by atoms with Crippen molar-refractivity contribution in [2.45, 2.75) is 31.8 Å². The highest BCUT2D eigenvalue weighted by Gasteiger charge is 2.31. The maximum atomic E-state index is 4.23. The number of rotatable bonds is 7. The van der Waals surface area contributed by atoms with Gasteiger partial charge in [0.25, 0.3) is 0 Å². The molecule has 0 bridgehead atoms. The highest BCUT2D eigenvalue weighted by Crippen LogP contribution is 2.40. The van der Waals surface area contributed by atoms with E-state index in [9.17, 15) is 0 Å². The van der Waals surface area contributed by atoms with E-state index in [4.69, 9.17) is 0 Å². The van der Waals surface area contributed by atoms with E-state index in [2.05, 4.69) is 40.7 Å². The summed E-state index contributed by atoms with van der Waals surface area (Å²) in [6.45, 7) is 2.04. The molecule has 1 aromatic carbocycles. The molecule has 3 heteroatoms. The molecule has 0 radical (unpaired) electrons. The van der Waals surface area contributed by atoms with Gasteiger partial charge in [-0.15, -0.1) is 0 Å². The van der Waals surface area contributed by atoms with Gasteiger partial charge in [0.1, 0.15) is 0 Å². The third kappa shape index (κ3) is 3.44. The number of benzene rings is 1. The number of aromatic nitrogens is 2. The van der Waals surface area contributed by atoms with Crippen LogP contribution in [-0.4, -0.2) is 16.3 Å². The lowest BCUT2D eigenvalue weighted by atomic mass is 10.0. The van der Waals surface area contributed by atoms with E-state index in [0.717, 1.165) is 25.4 Å². The number of aryl methyl sites for hydroxylation is 1. The highest BCUT2D eigenvalue weighted by atomic mass is 15.3. The topological polar surface area (TPSA) is 29.9 Å². The summed E-state index contributed by atoms with van der Waals surface area (Å²) in [7, 11) is 0. The molecule has 3 nitrogen and oxygen atoms in total. The summed E-state index contributed by atoms with van der Waals surface area (Å²) in [6.07, 6.45) is 7.72. The van der Waals surface area contributed by atoms with Crippen molar-refractivity contribution >= 4 is 0 Å². The number of hydrogen-bond donors (Lipinski definition) is 1. The Kier molecular flexibility index (Phi) is 3.94. The van der Waals surface area contributed by atoms with Crippen LogP contribution in [0.1, 0.15) is 30.9 Å². The number of hydrogen-bond acceptors (Lipinski definition) is 2. The first-order valence-corrected chi connectivity index (χ1v) is 7.19. The zero-order valence-corrected chi connectivity index (χ0v) is 11.2. The molecule has 1 aliphatic rings. The zero-order valence-electron chi connectivity index (χ0n) is 11.2. The minimum absolute atomic E-state index is 0.541. The van der Waals surface area contributed by atoms with Crippen molar-refractivity contribution < 1.29 is 0 Å². The van der Waals surface area contributed by atoms with Crippen LogP contribution in [0.3, 0.4) is 0 Å². The summed E-state index contributed by atoms with van der Waals surface area (Å²) in [5, 5.41) is 7.95. The maximum absolute atomic E-state index is 4.23. The molecular weight excluding hydrogens is 234 g/mol. The van der Waals surface area contributed by atoms with E-state index in [0.29, 0.717) is 6.04 Å². The molecule has 19 heavy (non-hydrogen) atoms. The number of nitrogens with one attached hydrogen (secondary N) is 1. The summed E-state index contributed by atoms with van der Waals surface area (Å²) >= 11 is 0. The molecule has 100 valence electrons. The van der Waals surface area contributed by atoms with Gasteiger partial charge in [0.15, 0.2) is 0 Å². The smallest absolute Gasteiger partial charge is 0.0489 e. The monoisotopic (exact) mass is 255 g/mol. The van der Waals surface area contributed by atoms with Gasteiger partial charge in [0, 0.05) is 25.0 Å². The molecule has 0 amide bonds. The Bertz CT molecular complexity index is 474. The van der Waals surface area contributed by atoms with Crippen molar-refractivity contribution in [2.75, 3.05) is 6.54 Å². The standard InChI is InChI=1S/C16H21N3/c1-2-6-14(7-3-1)16(15-8-9-15)17-10-4-12-19-13-5-11-18-19/h1-3,5-7,11,13,15-17H,4,8-10,12H2. The molecule has 1 atom stereocenters. The summed E-state index contributed by atoms with van der Waals surface area (Å²) in [6, 6.07) is 13.4. The average molecular weight is 255 g/mol. The van der Waals surface area contributed by atoms with Crippen LogP contribution in [0.15, 0.2) is 48.8 Å². The Morgan fingerprint density at radius 3 is 2.74 bits per heavy atom. The predicted octanol–water partition coefficient (Wildman–Crippen LogP) is 3.01. The molecule has 1 aromatic heterocycles. The molecule has 0 aliphatic heterocycles. The van der Waals surface area contributed by atoms with Crippen molar-refractivity contribution in [3.63, 3.8) is 0 Å². The molecule has 1 saturated carbocycles. The Balaban J connectivity index is 1.49. The van der Waals surface area contributed by atoms with E-state index in [-0.39, 0.29) is 0 Å². The van der Waals surface area contributed by atoms with Crippen molar-refractivity contribution in [2.24, 2.45) is 5.92 Å². The fourth-order valence-electron chi connectivity index (χ4n) is 2.58. The lowest BCUT2D eigenvalue weighted by Gasteiger charge is -2.18. The van der Waals surface area contributed by atoms with Crippen LogP contribution in [0.4, 0.5) is 0 Å². The minimum Gasteiger partial charge on any atom is -0.310 e. The second kappa shape index (κ2) is 6.02. The molecule has 1 fully saturated rings. The molecule has 0 spiro atoms. The molecule has 3 rings (SSSR count). The third-order valence-electron chi connectivity index (χ3n) is 3.74. The van der Waals surface area contributed by atoms with Crippen molar-refractivity contribution in [1.82, 2.24) is 15.1 Å². The van der Waals surface area contributed by atoms with E-state index in [1.54, 1.807) is 0 Å². The van der Waals surface area contributed by atoms with Crippen LogP contribution in [0.5, 0.6) is 0 Å². The van der Waals surface area contributed by atoms with Gasteiger partial charge in [-0.25, -0.2) is 0 Å². The average Bonchev–Trinajstić information content (AvgIpc) is 3.15. The van der Waals surface area contributed by atoms with E-state index < -0.39 is 0 Å². The van der Waals surface area contributed by atoms with E-state index >= 15 is 0 Å². The first-order chi connectivity index (χ1) is 9.43. The molecule has 1 N–H and O–H groups in total. The van der Waals surface area contributed by atoms with Gasteiger partial charge < -0.3 is 5.32 Å². The van der Waals surface area contributed by atoms with Gasteiger partial charge in [-0.1, -0.05) is 30.3 Å². The first-order valence-electron chi connectivity index (χ1n) is 7.19. The normalized spacial score (nSPS) is 16.4. The van der Waals surface area contributed by atoms with Gasteiger partial charge in [0.2, 0.25) is 0 Å². The molecular formula is C16H21N3. The fraction of sp³-hybridized carbons (Fsp3) is 0.438. The van der Waals surface area contributed by atoms with Gasteiger partial charge in [-0.05, 0) is 43.4 Å². The van der Waals surface area contributed by atoms with Gasteiger partial charge >= 0.3 is 0 Å². The Labute approximate surface area is 114 Å². The Morgan fingerprint density at radius 2 is 2.05 bits per heavy atom. The first kappa shape index (κ1) is 12.4. The van der Waals surface area contributed by atoms with Crippen molar-refractivity contribution in [1.29, 1.82) is 0 Å². The summed E-state index contributed by atoms with van der Waals surface area (Å²) in [5.41, 5.74) is 1.43. The maximum Gasteiger partial charge on any atom is 0.0489 e. The molecule has 1 aliphatic carbocycles. The molecule has 1 unspecified atom stereocenters. The third-order valence-corrected chi connectivity index (χ3v) is 3.74. The van der Waals surface area contributed by atoms with Crippen LogP contribution in [0, 0.1) is 5.92 Å². The molecule has 2 aromatic rings. The van der Waals surface area contributed by atoms with Crippen LogP contribution in [-0.2, 0) is 6.54 Å².